The van der Waals surface area contributed by atoms with Crippen molar-refractivity contribution in [1.29, 1.82) is 0 Å². The quantitative estimate of drug-likeness (QED) is 0.178. The van der Waals surface area contributed by atoms with E-state index in [2.05, 4.69) is 193 Å². The van der Waals surface area contributed by atoms with E-state index in [1.165, 1.54) is 53.1 Å². The van der Waals surface area contributed by atoms with Crippen molar-refractivity contribution in [1.82, 2.24) is 14.5 Å². The minimum atomic E-state index is 0.718. The van der Waals surface area contributed by atoms with Gasteiger partial charge in [0, 0.05) is 53.1 Å². The van der Waals surface area contributed by atoms with Crippen LogP contribution in [0.5, 0.6) is 0 Å². The van der Waals surface area contributed by atoms with Gasteiger partial charge in [-0.15, -0.1) is 11.3 Å². The average molecular weight is 706 g/mol. The summed E-state index contributed by atoms with van der Waals surface area (Å²) in [7, 11) is 0. The minimum Gasteiger partial charge on any atom is -0.309 e. The van der Waals surface area contributed by atoms with E-state index in [1.807, 2.05) is 11.3 Å². The van der Waals surface area contributed by atoms with Crippen LogP contribution in [0.25, 0.3) is 103 Å². The molecule has 0 atom stereocenters. The molecule has 11 aromatic rings. The van der Waals surface area contributed by atoms with E-state index in [4.69, 9.17) is 9.97 Å². The van der Waals surface area contributed by atoms with Crippen LogP contribution < -0.4 is 0 Å². The Balaban J connectivity index is 1.02. The van der Waals surface area contributed by atoms with Crippen molar-refractivity contribution < 1.29 is 0 Å². The topological polar surface area (TPSA) is 30.7 Å². The first-order chi connectivity index (χ1) is 26.8. The number of thiophene rings is 1. The molecular formula is C50H31N3S. The molecule has 0 spiro atoms. The molecule has 11 rings (SSSR count). The maximum absolute atomic E-state index is 5.27. The largest absolute Gasteiger partial charge is 0.309 e. The zero-order chi connectivity index (χ0) is 35.6. The van der Waals surface area contributed by atoms with Gasteiger partial charge in [-0.2, -0.15) is 0 Å². The van der Waals surface area contributed by atoms with Crippen LogP contribution in [0.4, 0.5) is 0 Å². The van der Waals surface area contributed by atoms with Crippen LogP contribution in [0.15, 0.2) is 188 Å². The Labute approximate surface area is 316 Å². The summed E-state index contributed by atoms with van der Waals surface area (Å²) in [5.41, 5.74) is 12.2. The van der Waals surface area contributed by atoms with Crippen LogP contribution in [-0.4, -0.2) is 14.5 Å². The number of hydrogen-bond acceptors (Lipinski definition) is 3. The molecule has 0 N–H and O–H groups in total. The summed E-state index contributed by atoms with van der Waals surface area (Å²) in [6.45, 7) is 0. The molecule has 0 fully saturated rings. The summed E-state index contributed by atoms with van der Waals surface area (Å²) >= 11 is 1.86. The van der Waals surface area contributed by atoms with Gasteiger partial charge in [-0.25, -0.2) is 9.97 Å². The van der Waals surface area contributed by atoms with Crippen molar-refractivity contribution in [2.45, 2.75) is 0 Å². The van der Waals surface area contributed by atoms with Crippen molar-refractivity contribution in [3.05, 3.63) is 188 Å². The van der Waals surface area contributed by atoms with Crippen LogP contribution in [0.1, 0.15) is 0 Å². The third-order valence-corrected chi connectivity index (χ3v) is 11.8. The molecule has 0 saturated heterocycles. The molecule has 0 saturated carbocycles. The van der Waals surface area contributed by atoms with E-state index in [-0.39, 0.29) is 0 Å². The number of aromatic nitrogens is 3. The lowest BCUT2D eigenvalue weighted by atomic mass is 9.98. The molecular weight excluding hydrogens is 675 g/mol. The molecule has 3 heterocycles. The second-order valence-electron chi connectivity index (χ2n) is 13.8. The van der Waals surface area contributed by atoms with Gasteiger partial charge in [0.05, 0.1) is 22.2 Å². The van der Waals surface area contributed by atoms with Crippen LogP contribution in [0, 0.1) is 0 Å². The Kier molecular flexibility index (Phi) is 7.04. The number of nitrogens with zero attached hydrogens (tertiary/aromatic N) is 3. The number of hydrogen-bond donors (Lipinski definition) is 0. The first-order valence-electron chi connectivity index (χ1n) is 18.2. The molecule has 0 radical (unpaired) electrons. The van der Waals surface area contributed by atoms with Gasteiger partial charge >= 0.3 is 0 Å². The van der Waals surface area contributed by atoms with Crippen LogP contribution >= 0.6 is 11.3 Å². The third kappa shape index (κ3) is 4.96. The summed E-state index contributed by atoms with van der Waals surface area (Å²) in [4.78, 5) is 10.4. The number of fused-ring (bicyclic) bond motifs is 7. The van der Waals surface area contributed by atoms with Gasteiger partial charge in [0.25, 0.3) is 0 Å². The number of benzene rings is 8. The molecule has 3 nitrogen and oxygen atoms in total. The highest BCUT2D eigenvalue weighted by atomic mass is 32.1. The van der Waals surface area contributed by atoms with Gasteiger partial charge in [0.2, 0.25) is 0 Å². The standard InChI is InChI=1S/C50H31N3S/c1-3-12-33(13-4-1)48-43-31-35(36-27-29-46-42(30-36)39-16-7-9-20-45(39)53(46)37-14-5-2-6-15-37)26-28-44(43)51-50(52-48)34-24-22-32(23-25-34)38-18-11-19-41-40-17-8-10-21-47(40)54-49(38)41/h1-31H. The predicted molar refractivity (Wildman–Crippen MR) is 229 cm³/mol. The van der Waals surface area contributed by atoms with Crippen molar-refractivity contribution in [3.63, 3.8) is 0 Å². The fourth-order valence-corrected chi connectivity index (χ4v) is 9.27. The minimum absolute atomic E-state index is 0.718. The lowest BCUT2D eigenvalue weighted by Gasteiger charge is -2.12. The Morgan fingerprint density at radius 2 is 1.02 bits per heavy atom. The lowest BCUT2D eigenvalue weighted by Crippen LogP contribution is -1.96. The highest BCUT2D eigenvalue weighted by Gasteiger charge is 2.17. The van der Waals surface area contributed by atoms with E-state index < -0.39 is 0 Å². The average Bonchev–Trinajstić information content (AvgIpc) is 3.79. The van der Waals surface area contributed by atoms with Gasteiger partial charge in [-0.1, -0.05) is 140 Å². The van der Waals surface area contributed by atoms with Crippen molar-refractivity contribution in [2.24, 2.45) is 0 Å². The molecule has 8 aromatic carbocycles. The normalized spacial score (nSPS) is 11.7. The van der Waals surface area contributed by atoms with Crippen molar-refractivity contribution >= 4 is 64.2 Å². The summed E-state index contributed by atoms with van der Waals surface area (Å²) in [5, 5.41) is 6.12. The molecule has 3 aromatic heterocycles. The predicted octanol–water partition coefficient (Wildman–Crippen LogP) is 13.8. The molecule has 0 amide bonds. The number of rotatable bonds is 5. The van der Waals surface area contributed by atoms with Gasteiger partial charge in [0.15, 0.2) is 5.82 Å². The fraction of sp³-hybridized carbons (Fsp3) is 0. The monoisotopic (exact) mass is 705 g/mol. The lowest BCUT2D eigenvalue weighted by molar-refractivity contribution is 1.18. The van der Waals surface area contributed by atoms with Crippen LogP contribution in [0.3, 0.4) is 0 Å². The van der Waals surface area contributed by atoms with Crippen molar-refractivity contribution in [3.8, 4) is 50.6 Å². The Hall–Kier alpha value is -6.88. The summed E-state index contributed by atoms with van der Waals surface area (Å²) in [5.74, 6) is 0.718. The molecule has 0 unspecified atom stereocenters. The molecule has 0 aliphatic rings. The SMILES string of the molecule is c1ccc(-c2nc(-c3ccc(-c4cccc5c4sc4ccccc45)cc3)nc3ccc(-c4ccc5c(c4)c4ccccc4n5-c4ccccc4)cc23)cc1. The van der Waals surface area contributed by atoms with Crippen LogP contribution in [0.2, 0.25) is 0 Å². The Bertz CT molecular complexity index is 3200. The first-order valence-corrected chi connectivity index (χ1v) is 19.1. The zero-order valence-corrected chi connectivity index (χ0v) is 30.0. The summed E-state index contributed by atoms with van der Waals surface area (Å²) in [6.07, 6.45) is 0. The van der Waals surface area contributed by atoms with Gasteiger partial charge in [0.1, 0.15) is 0 Å². The number of para-hydroxylation sites is 2. The molecule has 54 heavy (non-hydrogen) atoms. The fourth-order valence-electron chi connectivity index (χ4n) is 8.03. The molecule has 0 aliphatic heterocycles. The smallest absolute Gasteiger partial charge is 0.160 e. The maximum atomic E-state index is 5.27. The van der Waals surface area contributed by atoms with Gasteiger partial charge in [-0.05, 0) is 70.8 Å². The molecule has 0 bridgehead atoms. The van der Waals surface area contributed by atoms with Crippen molar-refractivity contribution in [2.75, 3.05) is 0 Å². The van der Waals surface area contributed by atoms with E-state index in [0.29, 0.717) is 0 Å². The van der Waals surface area contributed by atoms with E-state index in [0.717, 1.165) is 50.4 Å². The van der Waals surface area contributed by atoms with Crippen LogP contribution in [-0.2, 0) is 0 Å². The highest BCUT2D eigenvalue weighted by molar-refractivity contribution is 7.26. The highest BCUT2D eigenvalue weighted by Crippen LogP contribution is 2.41. The Morgan fingerprint density at radius 3 is 1.85 bits per heavy atom. The molecule has 4 heteroatoms. The van der Waals surface area contributed by atoms with E-state index >= 15 is 0 Å². The molecule has 0 aliphatic carbocycles. The van der Waals surface area contributed by atoms with Gasteiger partial charge in [-0.3, -0.25) is 0 Å². The van der Waals surface area contributed by atoms with E-state index in [1.54, 1.807) is 0 Å². The second kappa shape index (κ2) is 12.4. The Morgan fingerprint density at radius 1 is 0.389 bits per heavy atom. The third-order valence-electron chi connectivity index (χ3n) is 10.6. The second-order valence-corrected chi connectivity index (χ2v) is 14.8. The zero-order valence-electron chi connectivity index (χ0n) is 29.1. The first kappa shape index (κ1) is 30.7. The summed E-state index contributed by atoms with van der Waals surface area (Å²) in [6, 6.07) is 67.2. The summed E-state index contributed by atoms with van der Waals surface area (Å²) < 4.78 is 4.99. The van der Waals surface area contributed by atoms with E-state index in [9.17, 15) is 0 Å². The molecule has 252 valence electrons. The van der Waals surface area contributed by atoms with Gasteiger partial charge < -0.3 is 4.57 Å². The maximum Gasteiger partial charge on any atom is 0.160 e.